The zero-order valence-electron chi connectivity index (χ0n) is 22.4. The Morgan fingerprint density at radius 1 is 0.452 bits per heavy atom. The van der Waals surface area contributed by atoms with Crippen LogP contribution in [0.1, 0.15) is 22.8 Å². The average molecular weight is 541 g/mol. The van der Waals surface area contributed by atoms with E-state index in [1.807, 2.05) is 0 Å². The number of hydrogen-bond donors (Lipinski definition) is 4. The van der Waals surface area contributed by atoms with Crippen molar-refractivity contribution in [1.29, 1.82) is 0 Å². The molecule has 0 saturated heterocycles. The molecule has 7 heterocycles. The summed E-state index contributed by atoms with van der Waals surface area (Å²) in [6.45, 7) is 0. The number of rotatable bonds is 2. The van der Waals surface area contributed by atoms with Gasteiger partial charge in [-0.25, -0.2) is 9.97 Å². The van der Waals surface area contributed by atoms with Gasteiger partial charge in [-0.15, -0.1) is 0 Å². The maximum absolute atomic E-state index is 5.09. The molecule has 198 valence electrons. The molecule has 6 heteroatoms. The topological polar surface area (TPSA) is 88.9 Å². The largest absolute Gasteiger partial charge is 0.361 e. The molecular weight excluding hydrogens is 516 g/mol. The highest BCUT2D eigenvalue weighted by molar-refractivity contribution is 6.04. The minimum absolute atomic E-state index is 0.892. The van der Waals surface area contributed by atoms with Gasteiger partial charge in [0.05, 0.1) is 22.8 Å². The Bertz CT molecular complexity index is 2250. The first-order valence-electron chi connectivity index (χ1n) is 14.0. The van der Waals surface area contributed by atoms with Crippen LogP contribution in [0, 0.1) is 0 Å². The summed E-state index contributed by atoms with van der Waals surface area (Å²) in [7, 11) is 0. The van der Waals surface area contributed by atoms with Crippen LogP contribution in [0.4, 0.5) is 0 Å². The zero-order chi connectivity index (χ0) is 27.6. The van der Waals surface area contributed by atoms with Gasteiger partial charge in [0.1, 0.15) is 0 Å². The van der Waals surface area contributed by atoms with Crippen LogP contribution in [0.2, 0.25) is 0 Å². The van der Waals surface area contributed by atoms with Gasteiger partial charge in [0.15, 0.2) is 0 Å². The van der Waals surface area contributed by atoms with E-state index >= 15 is 0 Å². The predicted octanol–water partition coefficient (Wildman–Crippen LogP) is 8.95. The number of H-pyrrole nitrogens is 4. The summed E-state index contributed by atoms with van der Waals surface area (Å²) in [5.41, 5.74) is 14.1. The van der Waals surface area contributed by atoms with Crippen LogP contribution in [0.15, 0.2) is 97.3 Å². The van der Waals surface area contributed by atoms with E-state index in [1.54, 1.807) is 0 Å². The summed E-state index contributed by atoms with van der Waals surface area (Å²) in [4.78, 5) is 24.3. The lowest BCUT2D eigenvalue weighted by atomic mass is 10.0. The molecule has 7 aromatic rings. The third kappa shape index (κ3) is 3.59. The van der Waals surface area contributed by atoms with Crippen molar-refractivity contribution in [2.24, 2.45) is 0 Å². The first-order valence-corrected chi connectivity index (χ1v) is 14.0. The minimum atomic E-state index is 0.892. The van der Waals surface area contributed by atoms with Crippen molar-refractivity contribution in [2.45, 2.75) is 0 Å². The lowest BCUT2D eigenvalue weighted by Crippen LogP contribution is -1.85. The predicted molar refractivity (Wildman–Crippen MR) is 173 cm³/mol. The van der Waals surface area contributed by atoms with Crippen molar-refractivity contribution < 1.29 is 0 Å². The highest BCUT2D eigenvalue weighted by Crippen LogP contribution is 2.37. The van der Waals surface area contributed by atoms with Gasteiger partial charge < -0.3 is 19.9 Å². The molecule has 0 atom stereocenters. The van der Waals surface area contributed by atoms with E-state index in [4.69, 9.17) is 9.97 Å². The first kappa shape index (κ1) is 22.9. The molecule has 0 aliphatic carbocycles. The number of fused-ring (bicyclic) bond motifs is 10. The Kier molecular flexibility index (Phi) is 4.80. The second-order valence-electron chi connectivity index (χ2n) is 10.7. The maximum Gasteiger partial charge on any atom is 0.0737 e. The Morgan fingerprint density at radius 2 is 0.929 bits per heavy atom. The van der Waals surface area contributed by atoms with Crippen LogP contribution in [-0.4, -0.2) is 29.9 Å². The summed E-state index contributed by atoms with van der Waals surface area (Å²) in [6, 6.07) is 29.4. The second kappa shape index (κ2) is 8.81. The third-order valence-corrected chi connectivity index (χ3v) is 8.12. The molecule has 0 radical (unpaired) electrons. The number of hydrogen-bond acceptors (Lipinski definition) is 2. The molecule has 4 N–H and O–H groups in total. The van der Waals surface area contributed by atoms with E-state index in [2.05, 4.69) is 142 Å². The van der Waals surface area contributed by atoms with Crippen molar-refractivity contribution in [3.05, 3.63) is 120 Å². The van der Waals surface area contributed by atoms with Gasteiger partial charge in [0.25, 0.3) is 0 Å². The van der Waals surface area contributed by atoms with E-state index in [9.17, 15) is 0 Å². The van der Waals surface area contributed by atoms with Crippen molar-refractivity contribution in [2.75, 3.05) is 0 Å². The van der Waals surface area contributed by atoms with E-state index in [0.717, 1.165) is 88.9 Å². The van der Waals surface area contributed by atoms with Crippen molar-refractivity contribution in [3.8, 4) is 22.3 Å². The minimum Gasteiger partial charge on any atom is -0.361 e. The van der Waals surface area contributed by atoms with Gasteiger partial charge in [-0.1, -0.05) is 36.4 Å². The number of aromatic nitrogens is 6. The van der Waals surface area contributed by atoms with Crippen molar-refractivity contribution in [1.82, 2.24) is 29.9 Å². The van der Waals surface area contributed by atoms with Crippen LogP contribution in [0.5, 0.6) is 0 Å². The number of benzene rings is 2. The highest BCUT2D eigenvalue weighted by atomic mass is 14.8. The van der Waals surface area contributed by atoms with Crippen LogP contribution in [0.3, 0.4) is 0 Å². The Labute approximate surface area is 240 Å². The van der Waals surface area contributed by atoms with Gasteiger partial charge in [-0.05, 0) is 72.8 Å². The molecule has 0 amide bonds. The summed E-state index contributed by atoms with van der Waals surface area (Å²) in [5, 5.41) is 2.32. The number of para-hydroxylation sites is 2. The summed E-state index contributed by atoms with van der Waals surface area (Å²) in [5.74, 6) is 0. The fourth-order valence-electron chi connectivity index (χ4n) is 6.20. The maximum atomic E-state index is 5.09. The highest BCUT2D eigenvalue weighted by Gasteiger charge is 2.16. The molecular formula is C36H24N6. The summed E-state index contributed by atoms with van der Waals surface area (Å²) in [6.07, 6.45) is 12.5. The molecule has 9 rings (SSSR count). The van der Waals surface area contributed by atoms with Gasteiger partial charge >= 0.3 is 0 Å². The molecule has 2 aromatic carbocycles. The summed E-state index contributed by atoms with van der Waals surface area (Å²) < 4.78 is 0. The molecule has 0 saturated carbocycles. The van der Waals surface area contributed by atoms with Crippen LogP contribution >= 0.6 is 0 Å². The Balaban J connectivity index is 1.37. The fraction of sp³-hybridized carbons (Fsp3) is 0. The third-order valence-electron chi connectivity index (χ3n) is 8.12. The second-order valence-corrected chi connectivity index (χ2v) is 10.7. The molecule has 0 spiro atoms. The Morgan fingerprint density at radius 3 is 1.43 bits per heavy atom. The van der Waals surface area contributed by atoms with E-state index in [-0.39, 0.29) is 0 Å². The first-order chi connectivity index (χ1) is 20.8. The van der Waals surface area contributed by atoms with Crippen LogP contribution < -0.4 is 0 Å². The normalized spacial score (nSPS) is 12.6. The average Bonchev–Trinajstić information content (AvgIpc) is 3.85. The fourth-order valence-corrected chi connectivity index (χ4v) is 6.20. The quantitative estimate of drug-likeness (QED) is 0.176. The van der Waals surface area contributed by atoms with Gasteiger partial charge in [0.2, 0.25) is 0 Å². The lowest BCUT2D eigenvalue weighted by Gasteiger charge is -2.03. The monoisotopic (exact) mass is 540 g/mol. The molecule has 2 aliphatic heterocycles. The molecule has 6 nitrogen and oxygen atoms in total. The number of nitrogens with one attached hydrogen (secondary N) is 4. The lowest BCUT2D eigenvalue weighted by molar-refractivity contribution is 1.31. The molecule has 42 heavy (non-hydrogen) atoms. The van der Waals surface area contributed by atoms with Crippen molar-refractivity contribution in [3.63, 3.8) is 0 Å². The standard InChI is InChI=1S/C36H24N6/c1-3-7-29-25(5-1)27(19-37-29)35-31-13-9-21(39-31)17-23-11-15-33(41-23)36(28-20-38-30-8-4-2-6-26(28)30)34-16-12-24(42-34)18-22-10-14-32(35)40-22/h1-20,37-39,42H. The molecule has 2 aliphatic rings. The van der Waals surface area contributed by atoms with E-state index in [0.29, 0.717) is 0 Å². The number of aromatic amines is 4. The zero-order valence-corrected chi connectivity index (χ0v) is 22.4. The van der Waals surface area contributed by atoms with Gasteiger partial charge in [-0.3, -0.25) is 0 Å². The Hall–Kier alpha value is -5.88. The number of nitrogens with zero attached hydrogens (tertiary/aromatic N) is 2. The van der Waals surface area contributed by atoms with Gasteiger partial charge in [0, 0.05) is 78.5 Å². The van der Waals surface area contributed by atoms with Gasteiger partial charge in [-0.2, -0.15) is 0 Å². The SMILES string of the molecule is C1=Cc2nc1cc1ccc([nH]1)c(-c1c[nH]c3ccccc13)c1nc(cc3ccc([nH]3)c2-c2c[nH]c3ccccc23)C=C1. The summed E-state index contributed by atoms with van der Waals surface area (Å²) >= 11 is 0. The molecule has 8 bridgehead atoms. The smallest absolute Gasteiger partial charge is 0.0737 e. The van der Waals surface area contributed by atoms with Crippen LogP contribution in [-0.2, 0) is 0 Å². The van der Waals surface area contributed by atoms with Crippen LogP contribution in [0.25, 0.3) is 90.4 Å². The van der Waals surface area contributed by atoms with E-state index in [1.165, 1.54) is 0 Å². The van der Waals surface area contributed by atoms with E-state index < -0.39 is 0 Å². The molecule has 0 fully saturated rings. The molecule has 5 aromatic heterocycles. The molecule has 0 unspecified atom stereocenters. The van der Waals surface area contributed by atoms with Crippen molar-refractivity contribution >= 4 is 68.2 Å².